The number of dihydropyridines is 1. The average Bonchev–Trinajstić information content (AvgIpc) is 2.91. The van der Waals surface area contributed by atoms with E-state index in [0.717, 1.165) is 29.7 Å². The predicted molar refractivity (Wildman–Crippen MR) is 158 cm³/mol. The Morgan fingerprint density at radius 2 is 2.02 bits per heavy atom. The van der Waals surface area contributed by atoms with E-state index in [1.165, 1.54) is 0 Å². The van der Waals surface area contributed by atoms with Crippen LogP contribution < -0.4 is 21.1 Å². The van der Waals surface area contributed by atoms with Gasteiger partial charge in [0, 0.05) is 30.2 Å². The largest absolute Gasteiger partial charge is 0.487 e. The van der Waals surface area contributed by atoms with Crippen molar-refractivity contribution in [3.8, 4) is 17.6 Å². The summed E-state index contributed by atoms with van der Waals surface area (Å²) >= 11 is 0. The number of nitrogens with zero attached hydrogens (tertiary/aromatic N) is 2. The molecule has 2 unspecified atom stereocenters. The molecule has 40 heavy (non-hydrogen) atoms. The number of carbonyl (C=O) groups is 2. The maximum Gasteiger partial charge on any atom is 0.249 e. The summed E-state index contributed by atoms with van der Waals surface area (Å²) in [7, 11) is 0. The number of amides is 2. The van der Waals surface area contributed by atoms with Crippen LogP contribution in [0.15, 0.2) is 52.7 Å². The van der Waals surface area contributed by atoms with Crippen molar-refractivity contribution in [3.05, 3.63) is 53.3 Å². The van der Waals surface area contributed by atoms with Gasteiger partial charge in [-0.3, -0.25) is 14.5 Å². The van der Waals surface area contributed by atoms with Gasteiger partial charge < -0.3 is 21.1 Å². The van der Waals surface area contributed by atoms with E-state index in [9.17, 15) is 9.59 Å². The van der Waals surface area contributed by atoms with Crippen molar-refractivity contribution in [3.63, 3.8) is 0 Å². The number of carbonyl (C=O) groups excluding carboxylic acids is 2. The summed E-state index contributed by atoms with van der Waals surface area (Å²) in [5.74, 6) is 6.86. The number of ether oxygens (including phenoxy) is 1. The lowest BCUT2D eigenvalue weighted by molar-refractivity contribution is -0.131. The number of nitrogens with two attached hydrogens (primary N) is 1. The smallest absolute Gasteiger partial charge is 0.249 e. The lowest BCUT2D eigenvalue weighted by Gasteiger charge is -2.41. The van der Waals surface area contributed by atoms with E-state index in [2.05, 4.69) is 22.5 Å². The van der Waals surface area contributed by atoms with Crippen LogP contribution in [-0.4, -0.2) is 45.9 Å². The Hall–Kier alpha value is -3.73. The minimum Gasteiger partial charge on any atom is -0.487 e. The summed E-state index contributed by atoms with van der Waals surface area (Å²) in [6, 6.07) is 7.05. The van der Waals surface area contributed by atoms with Crippen LogP contribution in [0.1, 0.15) is 91.7 Å². The Labute approximate surface area is 238 Å². The summed E-state index contributed by atoms with van der Waals surface area (Å²) in [4.78, 5) is 33.7. The molecule has 0 fully saturated rings. The monoisotopic (exact) mass is 545 g/mol. The molecule has 3 aliphatic heterocycles. The standard InChI is InChI=1S/C32H43N5O3/c1-7-10-11-15-26(37-28(38)19-32(8-2,9-3)36-30(37)33)22-17-24(21(4)34-20-22)29(39)35-25-18-31(5,6)40-27-16-13-12-14-23(25)27/h12-14,16-17,20-21,25-26,34H,8-9,11,15,18-19H2,1-6H3,(H2,33,36)(H,35,39)/t21?,25-,26?/m0/s1. The van der Waals surface area contributed by atoms with Crippen LogP contribution in [0.25, 0.3) is 0 Å². The second-order valence-electron chi connectivity index (χ2n) is 11.6. The van der Waals surface area contributed by atoms with E-state index >= 15 is 0 Å². The van der Waals surface area contributed by atoms with E-state index in [-0.39, 0.29) is 29.9 Å². The van der Waals surface area contributed by atoms with E-state index in [1.54, 1.807) is 11.8 Å². The Balaban J connectivity index is 1.64. The van der Waals surface area contributed by atoms with Gasteiger partial charge in [0.25, 0.3) is 0 Å². The highest BCUT2D eigenvalue weighted by molar-refractivity contribution is 6.00. The number of rotatable bonds is 8. The summed E-state index contributed by atoms with van der Waals surface area (Å²) in [6.07, 6.45) is 7.40. The van der Waals surface area contributed by atoms with Crippen molar-refractivity contribution in [1.82, 2.24) is 15.5 Å². The van der Waals surface area contributed by atoms with Crippen molar-refractivity contribution in [2.24, 2.45) is 10.7 Å². The fourth-order valence-electron chi connectivity index (χ4n) is 5.89. The summed E-state index contributed by atoms with van der Waals surface area (Å²) in [5.41, 5.74) is 7.98. The molecule has 0 radical (unpaired) electrons. The van der Waals surface area contributed by atoms with Gasteiger partial charge in [0.15, 0.2) is 5.96 Å². The van der Waals surface area contributed by atoms with Gasteiger partial charge in [0.2, 0.25) is 11.8 Å². The van der Waals surface area contributed by atoms with E-state index in [1.807, 2.05) is 71.2 Å². The van der Waals surface area contributed by atoms with Gasteiger partial charge >= 0.3 is 0 Å². The number of guanidine groups is 1. The maximum atomic E-state index is 13.8. The van der Waals surface area contributed by atoms with Gasteiger partial charge in [-0.25, -0.2) is 4.99 Å². The average molecular weight is 546 g/mol. The van der Waals surface area contributed by atoms with Crippen LogP contribution in [0.4, 0.5) is 0 Å². The molecular weight excluding hydrogens is 502 g/mol. The van der Waals surface area contributed by atoms with Gasteiger partial charge in [-0.2, -0.15) is 0 Å². The molecule has 0 aliphatic carbocycles. The molecule has 1 aromatic rings. The quantitative estimate of drug-likeness (QED) is 0.417. The van der Waals surface area contributed by atoms with Gasteiger partial charge in [-0.05, 0) is 64.7 Å². The molecular formula is C32H43N5O3. The molecule has 0 bridgehead atoms. The van der Waals surface area contributed by atoms with Crippen LogP contribution in [0.2, 0.25) is 0 Å². The van der Waals surface area contributed by atoms with Crippen molar-refractivity contribution in [2.75, 3.05) is 0 Å². The molecule has 214 valence electrons. The number of fused-ring (bicyclic) bond motifs is 1. The summed E-state index contributed by atoms with van der Waals surface area (Å²) < 4.78 is 6.15. The highest BCUT2D eigenvalue weighted by atomic mass is 16.5. The van der Waals surface area contributed by atoms with Gasteiger partial charge in [0.1, 0.15) is 11.4 Å². The Bertz CT molecular complexity index is 1290. The van der Waals surface area contributed by atoms with E-state index < -0.39 is 17.2 Å². The SMILES string of the molecule is CC#CCCC(C1=CNC(C)C(C(=O)N[C@H]2CC(C)(C)Oc3ccccc32)=C1)N1C(=O)CC(CC)(CC)N=C1N. The number of para-hydroxylation sites is 1. The first-order chi connectivity index (χ1) is 19.0. The van der Waals surface area contributed by atoms with Crippen LogP contribution in [0.5, 0.6) is 5.75 Å². The first-order valence-electron chi connectivity index (χ1n) is 14.4. The number of benzene rings is 1. The second kappa shape index (κ2) is 11.8. The molecule has 3 aliphatic rings. The molecule has 3 atom stereocenters. The van der Waals surface area contributed by atoms with Crippen molar-refractivity contribution >= 4 is 17.8 Å². The molecule has 8 nitrogen and oxygen atoms in total. The van der Waals surface area contributed by atoms with Crippen LogP contribution in [0, 0.1) is 11.8 Å². The van der Waals surface area contributed by atoms with Crippen LogP contribution >= 0.6 is 0 Å². The normalized spacial score (nSPS) is 23.6. The number of hydrogen-bond acceptors (Lipinski definition) is 6. The number of aliphatic imine (C=N–C) groups is 1. The molecule has 3 heterocycles. The lowest BCUT2D eigenvalue weighted by atomic mass is 9.86. The topological polar surface area (TPSA) is 109 Å². The van der Waals surface area contributed by atoms with Crippen molar-refractivity contribution in [2.45, 2.75) is 109 Å². The van der Waals surface area contributed by atoms with E-state index in [0.29, 0.717) is 31.3 Å². The van der Waals surface area contributed by atoms with Crippen molar-refractivity contribution in [1.29, 1.82) is 0 Å². The fourth-order valence-corrected chi connectivity index (χ4v) is 5.89. The molecule has 4 rings (SSSR count). The first-order valence-corrected chi connectivity index (χ1v) is 14.4. The third kappa shape index (κ3) is 6.04. The van der Waals surface area contributed by atoms with Gasteiger partial charge in [-0.1, -0.05) is 32.0 Å². The summed E-state index contributed by atoms with van der Waals surface area (Å²) in [6.45, 7) is 11.9. The zero-order valence-corrected chi connectivity index (χ0v) is 24.6. The molecule has 0 aromatic heterocycles. The first kappa shape index (κ1) is 29.3. The Morgan fingerprint density at radius 1 is 1.30 bits per heavy atom. The molecule has 1 aromatic carbocycles. The fraction of sp³-hybridized carbons (Fsp3) is 0.531. The molecule has 2 amide bonds. The Kier molecular flexibility index (Phi) is 8.62. The number of hydrogen-bond donors (Lipinski definition) is 3. The molecule has 0 saturated heterocycles. The minimum atomic E-state index is -0.464. The summed E-state index contributed by atoms with van der Waals surface area (Å²) in [5, 5.41) is 6.60. The second-order valence-corrected chi connectivity index (χ2v) is 11.6. The Morgan fingerprint density at radius 3 is 2.70 bits per heavy atom. The molecule has 8 heteroatoms. The van der Waals surface area contributed by atoms with Crippen LogP contribution in [-0.2, 0) is 9.59 Å². The highest BCUT2D eigenvalue weighted by Crippen LogP contribution is 2.39. The minimum absolute atomic E-state index is 0.0503. The predicted octanol–water partition coefficient (Wildman–Crippen LogP) is 4.48. The molecule has 0 spiro atoms. The zero-order chi connectivity index (χ0) is 29.1. The highest BCUT2D eigenvalue weighted by Gasteiger charge is 2.41. The maximum absolute atomic E-state index is 13.8. The zero-order valence-electron chi connectivity index (χ0n) is 24.6. The van der Waals surface area contributed by atoms with Gasteiger partial charge in [0.05, 0.1) is 30.1 Å². The molecule has 4 N–H and O–H groups in total. The van der Waals surface area contributed by atoms with Crippen LogP contribution in [0.3, 0.4) is 0 Å². The lowest BCUT2D eigenvalue weighted by Crippen LogP contribution is -2.56. The third-order valence-electron chi connectivity index (χ3n) is 8.31. The van der Waals surface area contributed by atoms with Crippen molar-refractivity contribution < 1.29 is 14.3 Å². The van der Waals surface area contributed by atoms with E-state index in [4.69, 9.17) is 15.5 Å². The van der Waals surface area contributed by atoms with Gasteiger partial charge in [-0.15, -0.1) is 11.8 Å². The number of nitrogens with one attached hydrogen (secondary N) is 2. The third-order valence-corrected chi connectivity index (χ3v) is 8.31. The molecule has 0 saturated carbocycles.